The first-order valence-corrected chi connectivity index (χ1v) is 10.8. The van der Waals surface area contributed by atoms with E-state index >= 15 is 0 Å². The number of hydrogen-bond donors (Lipinski definition) is 1. The zero-order chi connectivity index (χ0) is 20.0. The monoisotopic (exact) mass is 388 g/mol. The summed E-state index contributed by atoms with van der Waals surface area (Å²) in [5.74, 6) is 2.55. The Bertz CT molecular complexity index is 1010. The van der Waals surface area contributed by atoms with Crippen molar-refractivity contribution in [3.63, 3.8) is 0 Å². The molecule has 0 aromatic heterocycles. The van der Waals surface area contributed by atoms with Crippen molar-refractivity contribution >= 4 is 17.2 Å². The molecule has 29 heavy (non-hydrogen) atoms. The molecule has 0 radical (unpaired) electrons. The van der Waals surface area contributed by atoms with Gasteiger partial charge in [0, 0.05) is 29.5 Å². The number of likely N-dealkylation sites (tertiary alicyclic amines) is 1. The van der Waals surface area contributed by atoms with Gasteiger partial charge in [-0.2, -0.15) is 0 Å². The van der Waals surface area contributed by atoms with Crippen molar-refractivity contribution in [2.75, 3.05) is 19.0 Å². The van der Waals surface area contributed by atoms with Gasteiger partial charge in [0.05, 0.1) is 7.11 Å². The van der Waals surface area contributed by atoms with Crippen LogP contribution in [0.5, 0.6) is 5.75 Å². The maximum Gasteiger partial charge on any atom is 0.185 e. The third-order valence-electron chi connectivity index (χ3n) is 8.19. The molecule has 1 heterocycles. The summed E-state index contributed by atoms with van der Waals surface area (Å²) >= 11 is 0. The number of carbonyl (C=O) groups is 1. The Hall–Kier alpha value is -2.33. The molecular weight excluding hydrogens is 360 g/mol. The molecule has 1 N–H and O–H groups in total. The van der Waals surface area contributed by atoms with E-state index in [1.54, 1.807) is 7.11 Å². The first kappa shape index (κ1) is 17.5. The fraction of sp³-hybridized carbons (Fsp3) is 0.480. The standard InChI is InChI=1S/C25H28N2O2/c1-15-22-25(27(22)13-16-4-5-16)14-24(15,2)21-12-18(8-11-20(21)23(25)28)26-17-6-9-19(29-3)10-7-17/h6-12,15-16,22,26H,4-5,13-14H2,1-3H3. The van der Waals surface area contributed by atoms with Crippen LogP contribution in [0.4, 0.5) is 11.4 Å². The zero-order valence-electron chi connectivity index (χ0n) is 17.4. The lowest BCUT2D eigenvalue weighted by molar-refractivity contribution is 0.0862. The van der Waals surface area contributed by atoms with Gasteiger partial charge in [-0.25, -0.2) is 0 Å². The second kappa shape index (κ2) is 5.63. The number of nitrogens with one attached hydrogen (secondary N) is 1. The topological polar surface area (TPSA) is 41.3 Å². The van der Waals surface area contributed by atoms with Gasteiger partial charge in [0.15, 0.2) is 5.78 Å². The van der Waals surface area contributed by atoms with Crippen molar-refractivity contribution in [1.82, 2.24) is 4.90 Å². The highest BCUT2D eigenvalue weighted by atomic mass is 16.5. The quantitative estimate of drug-likeness (QED) is 0.750. The van der Waals surface area contributed by atoms with Gasteiger partial charge >= 0.3 is 0 Å². The zero-order valence-corrected chi connectivity index (χ0v) is 17.4. The van der Waals surface area contributed by atoms with Crippen LogP contribution in [0.15, 0.2) is 42.5 Å². The molecule has 2 aromatic carbocycles. The predicted octanol–water partition coefficient (Wildman–Crippen LogP) is 4.77. The average molecular weight is 389 g/mol. The van der Waals surface area contributed by atoms with E-state index in [4.69, 9.17) is 4.74 Å². The number of anilines is 2. The maximum atomic E-state index is 13.6. The number of nitrogens with zero attached hydrogens (tertiary/aromatic N) is 1. The van der Waals surface area contributed by atoms with Crippen molar-refractivity contribution in [1.29, 1.82) is 0 Å². The minimum Gasteiger partial charge on any atom is -0.497 e. The molecule has 3 aliphatic carbocycles. The largest absolute Gasteiger partial charge is 0.497 e. The number of carbonyl (C=O) groups excluding carboxylic acids is 1. The fourth-order valence-corrected chi connectivity index (χ4v) is 6.28. The fourth-order valence-electron chi connectivity index (χ4n) is 6.28. The molecule has 6 rings (SSSR count). The highest BCUT2D eigenvalue weighted by Crippen LogP contribution is 2.68. The van der Waals surface area contributed by atoms with E-state index in [1.165, 1.54) is 18.4 Å². The number of hydrogen-bond acceptors (Lipinski definition) is 4. The van der Waals surface area contributed by atoms with E-state index in [0.717, 1.165) is 41.6 Å². The van der Waals surface area contributed by atoms with E-state index in [1.807, 2.05) is 24.3 Å². The third kappa shape index (κ3) is 2.27. The molecule has 0 amide bonds. The molecule has 5 atom stereocenters. The molecule has 2 bridgehead atoms. The van der Waals surface area contributed by atoms with Gasteiger partial charge < -0.3 is 10.1 Å². The second-order valence-corrected chi connectivity index (χ2v) is 9.79. The van der Waals surface area contributed by atoms with Crippen LogP contribution in [0, 0.1) is 11.8 Å². The Labute approximate surface area is 172 Å². The highest BCUT2D eigenvalue weighted by Gasteiger charge is 2.79. The van der Waals surface area contributed by atoms with Crippen molar-refractivity contribution in [2.45, 2.75) is 50.1 Å². The summed E-state index contributed by atoms with van der Waals surface area (Å²) in [6.07, 6.45) is 3.67. The number of fused-ring (bicyclic) bond motifs is 3. The molecule has 4 nitrogen and oxygen atoms in total. The lowest BCUT2D eigenvalue weighted by Crippen LogP contribution is -2.43. The van der Waals surface area contributed by atoms with Crippen LogP contribution in [0.25, 0.3) is 0 Å². The molecule has 3 fully saturated rings. The summed E-state index contributed by atoms with van der Waals surface area (Å²) in [6, 6.07) is 14.7. The lowest BCUT2D eigenvalue weighted by Gasteiger charge is -2.40. The van der Waals surface area contributed by atoms with Gasteiger partial charge in [0.25, 0.3) is 0 Å². The van der Waals surface area contributed by atoms with Crippen molar-refractivity contribution < 1.29 is 9.53 Å². The van der Waals surface area contributed by atoms with E-state index in [9.17, 15) is 4.79 Å². The number of ketones is 1. The Kier molecular flexibility index (Phi) is 3.40. The third-order valence-corrected chi connectivity index (χ3v) is 8.19. The van der Waals surface area contributed by atoms with Gasteiger partial charge in [0.1, 0.15) is 11.3 Å². The average Bonchev–Trinajstić information content (AvgIpc) is 3.63. The lowest BCUT2D eigenvalue weighted by atomic mass is 9.67. The van der Waals surface area contributed by atoms with Crippen LogP contribution >= 0.6 is 0 Å². The Morgan fingerprint density at radius 1 is 1.14 bits per heavy atom. The molecule has 2 aromatic rings. The molecular formula is C25H28N2O2. The highest BCUT2D eigenvalue weighted by molar-refractivity contribution is 6.10. The summed E-state index contributed by atoms with van der Waals surface area (Å²) in [7, 11) is 1.68. The summed E-state index contributed by atoms with van der Waals surface area (Å²) in [4.78, 5) is 16.1. The molecule has 150 valence electrons. The minimum atomic E-state index is -0.200. The molecule has 2 saturated carbocycles. The van der Waals surface area contributed by atoms with Crippen LogP contribution in [-0.4, -0.2) is 35.9 Å². The molecule has 1 saturated heterocycles. The Morgan fingerprint density at radius 3 is 2.55 bits per heavy atom. The van der Waals surface area contributed by atoms with Crippen LogP contribution in [0.1, 0.15) is 49.0 Å². The summed E-state index contributed by atoms with van der Waals surface area (Å²) in [5, 5.41) is 3.50. The first-order chi connectivity index (χ1) is 14.0. The van der Waals surface area contributed by atoms with Gasteiger partial charge in [0.2, 0.25) is 0 Å². The van der Waals surface area contributed by atoms with Gasteiger partial charge in [-0.1, -0.05) is 13.8 Å². The van der Waals surface area contributed by atoms with E-state index < -0.39 is 0 Å². The van der Waals surface area contributed by atoms with E-state index in [2.05, 4.69) is 42.3 Å². The summed E-state index contributed by atoms with van der Waals surface area (Å²) < 4.78 is 5.24. The van der Waals surface area contributed by atoms with Crippen LogP contribution in [0.2, 0.25) is 0 Å². The molecule has 4 aliphatic rings. The summed E-state index contributed by atoms with van der Waals surface area (Å²) in [5.41, 5.74) is 4.12. The molecule has 5 unspecified atom stereocenters. The minimum absolute atomic E-state index is 0.0750. The van der Waals surface area contributed by atoms with Gasteiger partial charge in [-0.15, -0.1) is 0 Å². The van der Waals surface area contributed by atoms with E-state index in [0.29, 0.717) is 17.7 Å². The second-order valence-electron chi connectivity index (χ2n) is 9.79. The normalized spacial score (nSPS) is 36.4. The predicted molar refractivity (Wildman–Crippen MR) is 114 cm³/mol. The number of ether oxygens (including phenoxy) is 1. The maximum absolute atomic E-state index is 13.6. The number of benzene rings is 2. The smallest absolute Gasteiger partial charge is 0.185 e. The van der Waals surface area contributed by atoms with Gasteiger partial charge in [-0.05, 0) is 84.5 Å². The first-order valence-electron chi connectivity index (χ1n) is 10.8. The van der Waals surface area contributed by atoms with Crippen molar-refractivity contribution in [2.24, 2.45) is 11.8 Å². The van der Waals surface area contributed by atoms with Crippen LogP contribution in [0.3, 0.4) is 0 Å². The van der Waals surface area contributed by atoms with Crippen molar-refractivity contribution in [3.8, 4) is 5.75 Å². The van der Waals surface area contributed by atoms with Crippen LogP contribution < -0.4 is 10.1 Å². The van der Waals surface area contributed by atoms with Crippen molar-refractivity contribution in [3.05, 3.63) is 53.6 Å². The molecule has 1 aliphatic heterocycles. The Balaban J connectivity index is 1.34. The number of Topliss-reactive ketones (excluding diaryl/α,β-unsaturated/α-hetero) is 1. The number of methoxy groups -OCH3 is 1. The summed E-state index contributed by atoms with van der Waals surface area (Å²) in [6.45, 7) is 5.87. The molecule has 4 heteroatoms. The molecule has 1 spiro atoms. The van der Waals surface area contributed by atoms with E-state index in [-0.39, 0.29) is 11.0 Å². The van der Waals surface area contributed by atoms with Crippen LogP contribution in [-0.2, 0) is 5.41 Å². The Morgan fingerprint density at radius 2 is 1.86 bits per heavy atom. The van der Waals surface area contributed by atoms with Gasteiger partial charge in [-0.3, -0.25) is 9.69 Å². The SMILES string of the molecule is COc1ccc(Nc2ccc3c(c2)C2(C)CC4(C3=O)C(C2C)N4CC2CC2)cc1. The number of rotatable bonds is 5. The number of piperidine rings is 1.